The van der Waals surface area contributed by atoms with Crippen LogP contribution >= 0.6 is 0 Å². The van der Waals surface area contributed by atoms with E-state index in [1.54, 1.807) is 0 Å². The van der Waals surface area contributed by atoms with Crippen molar-refractivity contribution in [2.75, 3.05) is 26.9 Å². The van der Waals surface area contributed by atoms with Crippen molar-refractivity contribution in [1.29, 1.82) is 0 Å². The van der Waals surface area contributed by atoms with Crippen molar-refractivity contribution in [2.45, 2.75) is 153 Å². The van der Waals surface area contributed by atoms with Gasteiger partial charge in [0.05, 0.1) is 31.8 Å². The van der Waals surface area contributed by atoms with Crippen molar-refractivity contribution in [2.24, 2.45) is 0 Å². The van der Waals surface area contributed by atoms with Crippen LogP contribution in [0.4, 0.5) is 0 Å². The summed E-state index contributed by atoms with van der Waals surface area (Å²) in [6.07, 6.45) is -69.3. The van der Waals surface area contributed by atoms with Gasteiger partial charge in [0.2, 0.25) is 62.4 Å². The van der Waals surface area contributed by atoms with E-state index in [-0.39, 0.29) is 325 Å². The molecule has 0 aromatic heterocycles. The fourth-order valence-electron chi connectivity index (χ4n) is 9.16. The summed E-state index contributed by atoms with van der Waals surface area (Å²) in [4.78, 5) is 25.6. The van der Waals surface area contributed by atoms with Crippen LogP contribution in [0.15, 0.2) is 0 Å². The summed E-state index contributed by atoms with van der Waals surface area (Å²) in [7, 11) is -55.7. The SMILES string of the molecule is CO[C@H]1O[C@H](COS(=O)(=O)[O-])[C@@H](O[C@@H]2O[C@@H](C(=O)[O-])[C@@H](O[C@@H]3O[C@H](COS(=O)(=O)[O-])[C@@H](O[C@@H]4O[C@H](C(=O)[O-])[C@@H](O[C@@H]5O[C@H](COS(=O)(=O)[O-])[C@@H](O)[C@H](O)[C@H]5NS(=O)(=O)[O-])[C@H](O)[C@H]4O)[C@H](OS(=O)(=O)[O-])[C@H]3NS(=O)(=O)[O-])[C@H](O)[C@H]2OS(=O)(=O)[O-])[C@H](OS(=O)(=O)[O-])[C@H]1NS(=O)(=O)[O-].[Na+].[Na+].[Na+].[Na+].[Na+].[Na+].[Na+].[Na+].[Na+].[Na+].[Na+]. The summed E-state index contributed by atoms with van der Waals surface area (Å²) in [5.41, 5.74) is 0. The van der Waals surface area contributed by atoms with Crippen LogP contribution in [-0.4, -0.2) is 334 Å². The number of aliphatic carboxylic acids is 2. The van der Waals surface area contributed by atoms with Gasteiger partial charge in [-0.1, -0.05) is 0 Å². The molecule has 0 aromatic carbocycles. The Bertz CT molecular complexity index is 3820. The smallest absolute Gasteiger partial charge is 0.735 e. The van der Waals surface area contributed by atoms with Gasteiger partial charge < -0.3 is 134 Å². The summed E-state index contributed by atoms with van der Waals surface area (Å²) in [6, 6.07) is -9.08. The Morgan fingerprint density at radius 3 is 0.943 bits per heavy atom. The standard InChI is InChI=1S/C31H53N3O52S9.11Na/c1-71-27-9(33-88(47,48)49)18(84-93(62,63)64)17(6(76-27)3-73-91(56,57)58)79-31-22(86-95(68,69)70)15(39)21(24(83-31)26(42)43)81-29-10(34-89(50,51)52)19(85-94(65,66)67)16(7(77-29)4-74-92(59,60)61)78-30-14(38)13(37)20(23(82-30)25(40)41)80-28-8(32-87(44,45)46)12(36)11(35)5(75-28)2-72-90(53,54)55;;;;;;;;;;;/h5-24,27-39H,2-4H2,1H3,(H,40,41)(H,42,43)(H,44,45,46)(H,47,48,49)(H,50,51,52)(H,53,54,55)(H,56,57,58)(H,59,60,61)(H,62,63,64)(H,65,66,67)(H,68,69,70);;;;;;;;;;;/q;11*+1/p-11/t5-,6-,7-,8-,9-,10-,11-,12-,13-,14-,15+,16-,17-,18-,19-,20+,21+,22-,23+,24-,27+,28+,29+,30-,31-;;;;;;;;;;;/m1.........../s1. The fourth-order valence-corrected chi connectivity index (χ4v) is 13.3. The van der Waals surface area contributed by atoms with E-state index in [0.29, 0.717) is 7.11 Å². The number of methoxy groups -OCH3 is 1. The first kappa shape index (κ1) is 127. The molecule has 5 rings (SSSR count). The van der Waals surface area contributed by atoms with E-state index in [9.17, 15) is 162 Å². The van der Waals surface area contributed by atoms with E-state index in [4.69, 9.17) is 47.4 Å². The first-order valence-electron chi connectivity index (χ1n) is 24.0. The second kappa shape index (κ2) is 52.2. The van der Waals surface area contributed by atoms with E-state index in [1.807, 2.05) is 0 Å². The first-order chi connectivity index (χ1) is 42.8. The van der Waals surface area contributed by atoms with Crippen molar-refractivity contribution in [1.82, 2.24) is 14.2 Å². The Morgan fingerprint density at radius 2 is 0.604 bits per heavy atom. The van der Waals surface area contributed by atoms with Crippen molar-refractivity contribution in [3.05, 3.63) is 0 Å². The van der Waals surface area contributed by atoms with Crippen molar-refractivity contribution in [3.63, 3.8) is 0 Å². The van der Waals surface area contributed by atoms with E-state index in [2.05, 4.69) is 25.1 Å². The van der Waals surface area contributed by atoms with Crippen LogP contribution in [0.1, 0.15) is 0 Å². The number of carbonyl (C=O) groups excluding carboxylic acids is 2. The Morgan fingerprint density at radius 1 is 0.321 bits per heavy atom. The molecule has 5 saturated heterocycles. The van der Waals surface area contributed by atoms with Crippen molar-refractivity contribution in [3.8, 4) is 0 Å². The summed E-state index contributed by atoms with van der Waals surface area (Å²) >= 11 is 0. The van der Waals surface area contributed by atoms with Crippen molar-refractivity contribution < 1.29 is 560 Å². The molecule has 25 atom stereocenters. The second-order valence-corrected chi connectivity index (χ2v) is 28.6. The van der Waals surface area contributed by atoms with E-state index in [0.717, 1.165) is 14.2 Å². The minimum absolute atomic E-state index is 0. The van der Waals surface area contributed by atoms with Crippen LogP contribution in [-0.2, 0) is 175 Å². The minimum atomic E-state index is -6.74. The molecular weight excluding hydrogens is 1790 g/mol. The topological polar surface area (TPSA) is 880 Å². The normalized spacial score (nSPS) is 33.8. The van der Waals surface area contributed by atoms with Crippen molar-refractivity contribution >= 4 is 105 Å². The maximum atomic E-state index is 12.9. The summed E-state index contributed by atoms with van der Waals surface area (Å²) in [5, 5.41) is 81.1. The van der Waals surface area contributed by atoms with Crippen LogP contribution < -0.4 is 350 Å². The summed E-state index contributed by atoms with van der Waals surface area (Å²) in [6.45, 7) is -5.74. The number of aliphatic hydroxyl groups is 5. The Kier molecular flexibility index (Phi) is 62.7. The number of nitrogens with one attached hydrogen (secondary N) is 3. The van der Waals surface area contributed by atoms with Crippen LogP contribution in [0, 0.1) is 0 Å². The summed E-state index contributed by atoms with van der Waals surface area (Å²) < 4.78 is 401. The van der Waals surface area contributed by atoms with Gasteiger partial charge >= 0.3 is 325 Å². The predicted octanol–water partition coefficient (Wildman–Crippen LogP) is -52.6. The second-order valence-electron chi connectivity index (χ2n) is 19.0. The molecule has 55 nitrogen and oxygen atoms in total. The van der Waals surface area contributed by atoms with Gasteiger partial charge in [-0.2, -0.15) is 0 Å². The Balaban J connectivity index is -0.00000178. The minimum Gasteiger partial charge on any atom is -0.735 e. The quantitative estimate of drug-likeness (QED) is 0.0176. The number of rotatable bonds is 32. The van der Waals surface area contributed by atoms with Crippen LogP contribution in [0.5, 0.6) is 0 Å². The molecule has 0 radical (unpaired) electrons. The van der Waals surface area contributed by atoms with Gasteiger partial charge in [0, 0.05) is 7.11 Å². The number of ether oxygens (including phenoxy) is 10. The molecular formula is C31H42N3Na11O52S9. The molecule has 5 aliphatic heterocycles. The van der Waals surface area contributed by atoms with Gasteiger partial charge in [-0.25, -0.2) is 89.9 Å². The molecule has 0 amide bonds. The Labute approximate surface area is 844 Å². The predicted molar refractivity (Wildman–Crippen MR) is 250 cm³/mol. The Hall–Kier alpha value is 8.17. The first-order valence-corrected chi connectivity index (χ1v) is 36.2. The summed E-state index contributed by atoms with van der Waals surface area (Å²) in [5.74, 6) is -5.69. The number of aliphatic hydroxyl groups excluding tert-OH is 5. The average Bonchev–Trinajstić information content (AvgIpc) is 0.760. The van der Waals surface area contributed by atoms with Crippen LogP contribution in [0.25, 0.3) is 0 Å². The van der Waals surface area contributed by atoms with E-state index in [1.165, 1.54) is 0 Å². The van der Waals surface area contributed by atoms with Gasteiger partial charge in [0.15, 0.2) is 68.5 Å². The van der Waals surface area contributed by atoms with Gasteiger partial charge in [0.1, 0.15) is 116 Å². The average molecular weight is 1830 g/mol. The molecule has 8 N–H and O–H groups in total. The number of hydrogen-bond donors (Lipinski definition) is 8. The zero-order chi connectivity index (χ0) is 72.6. The van der Waals surface area contributed by atoms with Crippen LogP contribution in [0.2, 0.25) is 0 Å². The molecule has 0 aromatic rings. The molecule has 75 heteroatoms. The molecule has 558 valence electrons. The molecule has 5 aliphatic rings. The van der Waals surface area contributed by atoms with Gasteiger partial charge in [0.25, 0.3) is 0 Å². The monoisotopic (exact) mass is 1830 g/mol. The molecule has 5 fully saturated rings. The molecule has 0 unspecified atom stereocenters. The zero-order valence-electron chi connectivity index (χ0n) is 56.2. The van der Waals surface area contributed by atoms with E-state index >= 15 is 0 Å². The zero-order valence-corrected chi connectivity index (χ0v) is 85.5. The molecule has 0 saturated carbocycles. The van der Waals surface area contributed by atoms with Crippen LogP contribution in [0.3, 0.4) is 0 Å². The fraction of sp³-hybridized carbons (Fsp3) is 0.935. The number of carboxylic acids is 2. The molecule has 0 spiro atoms. The molecule has 5 heterocycles. The molecule has 106 heavy (non-hydrogen) atoms. The van der Waals surface area contributed by atoms with E-state index < -0.39 is 278 Å². The van der Waals surface area contributed by atoms with Gasteiger partial charge in [-0.05, 0) is 0 Å². The maximum Gasteiger partial charge on any atom is 1.00 e. The molecule has 0 aliphatic carbocycles. The van der Waals surface area contributed by atoms with Gasteiger partial charge in [-0.3, -0.25) is 25.1 Å². The third-order valence-corrected chi connectivity index (χ3v) is 16.9. The third-order valence-electron chi connectivity index (χ3n) is 12.6. The largest absolute Gasteiger partial charge is 1.00 e. The number of carbonyl (C=O) groups is 2. The van der Waals surface area contributed by atoms with Gasteiger partial charge in [-0.15, -0.1) is 0 Å². The molecule has 0 bridgehead atoms. The maximum absolute atomic E-state index is 12.9. The third kappa shape index (κ3) is 41.8. The number of carboxylic acid groups (broad SMARTS) is 2. The number of hydrogen-bond acceptors (Lipinski definition) is 52.